The van der Waals surface area contributed by atoms with Gasteiger partial charge in [0.1, 0.15) is 0 Å². The van der Waals surface area contributed by atoms with E-state index in [0.29, 0.717) is 26.2 Å². The molecule has 2 rings (SSSR count). The summed E-state index contributed by atoms with van der Waals surface area (Å²) in [6.45, 7) is 2.26. The van der Waals surface area contributed by atoms with Crippen molar-refractivity contribution in [2.45, 2.75) is 0 Å². The summed E-state index contributed by atoms with van der Waals surface area (Å²) in [6, 6.07) is 1.75. The summed E-state index contributed by atoms with van der Waals surface area (Å²) in [7, 11) is 1.92. The van der Waals surface area contributed by atoms with Gasteiger partial charge in [-0.05, 0) is 19.2 Å². The average Bonchev–Trinajstić information content (AvgIpc) is 2.36. The molecule has 0 N–H and O–H groups in total. The highest BCUT2D eigenvalue weighted by Gasteiger charge is 2.25. The molecule has 0 atom stereocenters. The molecule has 0 aromatic heterocycles. The molecular weight excluding hydrogens is 245 g/mol. The van der Waals surface area contributed by atoms with Gasteiger partial charge in [0.25, 0.3) is 5.91 Å². The van der Waals surface area contributed by atoms with Gasteiger partial charge in [-0.25, -0.2) is 13.2 Å². The Balaban J connectivity index is 2.21. The maximum atomic E-state index is 13.5. The van der Waals surface area contributed by atoms with Crippen molar-refractivity contribution in [3.05, 3.63) is 35.1 Å². The minimum atomic E-state index is -1.60. The van der Waals surface area contributed by atoms with E-state index in [0.717, 1.165) is 12.1 Å². The summed E-state index contributed by atoms with van der Waals surface area (Å²) in [4.78, 5) is 15.4. The Kier molecular flexibility index (Phi) is 3.56. The van der Waals surface area contributed by atoms with Crippen LogP contribution in [0.4, 0.5) is 13.2 Å². The van der Waals surface area contributed by atoms with Gasteiger partial charge in [-0.2, -0.15) is 0 Å². The van der Waals surface area contributed by atoms with Crippen molar-refractivity contribution in [1.82, 2.24) is 9.80 Å². The molecule has 1 aromatic carbocycles. The van der Waals surface area contributed by atoms with Crippen molar-refractivity contribution >= 4 is 5.91 Å². The molecule has 1 fully saturated rings. The first kappa shape index (κ1) is 12.9. The van der Waals surface area contributed by atoms with E-state index < -0.39 is 28.9 Å². The summed E-state index contributed by atoms with van der Waals surface area (Å²) in [5.41, 5.74) is -0.418. The molecule has 0 saturated carbocycles. The Hall–Kier alpha value is -1.56. The number of hydrogen-bond acceptors (Lipinski definition) is 2. The molecule has 1 amide bonds. The molecule has 0 aliphatic carbocycles. The maximum absolute atomic E-state index is 13.5. The minimum Gasteiger partial charge on any atom is -0.336 e. The van der Waals surface area contributed by atoms with Crippen molar-refractivity contribution < 1.29 is 18.0 Å². The van der Waals surface area contributed by atoms with Crippen LogP contribution in [0.3, 0.4) is 0 Å². The van der Waals surface area contributed by atoms with Gasteiger partial charge >= 0.3 is 0 Å². The fraction of sp³-hybridized carbons (Fsp3) is 0.417. The molecule has 0 radical (unpaired) electrons. The summed E-state index contributed by atoms with van der Waals surface area (Å²) < 4.78 is 39.3. The van der Waals surface area contributed by atoms with E-state index in [4.69, 9.17) is 0 Å². The van der Waals surface area contributed by atoms with E-state index in [1.54, 1.807) is 0 Å². The Morgan fingerprint density at radius 3 is 2.28 bits per heavy atom. The summed E-state index contributed by atoms with van der Waals surface area (Å²) >= 11 is 0. The highest BCUT2D eigenvalue weighted by Crippen LogP contribution is 2.17. The van der Waals surface area contributed by atoms with E-state index in [-0.39, 0.29) is 0 Å². The molecular formula is C12H13F3N2O. The van der Waals surface area contributed by atoms with E-state index >= 15 is 0 Å². The van der Waals surface area contributed by atoms with Gasteiger partial charge in [-0.15, -0.1) is 0 Å². The van der Waals surface area contributed by atoms with Crippen LogP contribution in [0.15, 0.2) is 12.1 Å². The molecule has 1 aliphatic rings. The fourth-order valence-electron chi connectivity index (χ4n) is 1.87. The molecule has 0 unspecified atom stereocenters. The van der Waals surface area contributed by atoms with E-state index in [1.165, 1.54) is 4.90 Å². The third kappa shape index (κ3) is 2.33. The number of amides is 1. The first-order valence-electron chi connectivity index (χ1n) is 5.62. The van der Waals surface area contributed by atoms with Crippen molar-refractivity contribution in [3.63, 3.8) is 0 Å². The second kappa shape index (κ2) is 4.97. The van der Waals surface area contributed by atoms with Gasteiger partial charge in [0.15, 0.2) is 17.5 Å². The summed E-state index contributed by atoms with van der Waals surface area (Å²) in [5.74, 6) is -4.91. The van der Waals surface area contributed by atoms with Gasteiger partial charge in [0.05, 0.1) is 5.56 Å². The third-order valence-corrected chi connectivity index (χ3v) is 3.06. The van der Waals surface area contributed by atoms with Crippen molar-refractivity contribution in [3.8, 4) is 0 Å². The van der Waals surface area contributed by atoms with Gasteiger partial charge in [-0.1, -0.05) is 0 Å². The zero-order valence-electron chi connectivity index (χ0n) is 9.92. The smallest absolute Gasteiger partial charge is 0.257 e. The number of piperazine rings is 1. The first-order chi connectivity index (χ1) is 8.50. The zero-order chi connectivity index (χ0) is 13.3. The van der Waals surface area contributed by atoms with Crippen LogP contribution in [-0.2, 0) is 0 Å². The van der Waals surface area contributed by atoms with E-state index in [9.17, 15) is 18.0 Å². The molecule has 1 aliphatic heterocycles. The minimum absolute atomic E-state index is 0.418. The van der Waals surface area contributed by atoms with Crippen molar-refractivity contribution in [2.24, 2.45) is 0 Å². The predicted octanol–water partition coefficient (Wildman–Crippen LogP) is 1.49. The number of hydrogen-bond donors (Lipinski definition) is 0. The van der Waals surface area contributed by atoms with Crippen LogP contribution in [0.2, 0.25) is 0 Å². The van der Waals surface area contributed by atoms with Crippen LogP contribution in [0.25, 0.3) is 0 Å². The van der Waals surface area contributed by atoms with Crippen molar-refractivity contribution in [2.75, 3.05) is 33.2 Å². The average molecular weight is 258 g/mol. The zero-order valence-corrected chi connectivity index (χ0v) is 9.92. The number of halogens is 3. The molecule has 6 heteroatoms. The van der Waals surface area contributed by atoms with Crippen LogP contribution in [-0.4, -0.2) is 48.9 Å². The van der Waals surface area contributed by atoms with Crippen LogP contribution < -0.4 is 0 Å². The molecule has 1 heterocycles. The van der Waals surface area contributed by atoms with E-state index in [2.05, 4.69) is 0 Å². The highest BCUT2D eigenvalue weighted by molar-refractivity contribution is 5.94. The monoisotopic (exact) mass is 258 g/mol. The molecule has 1 saturated heterocycles. The lowest BCUT2D eigenvalue weighted by molar-refractivity contribution is 0.0658. The summed E-state index contributed by atoms with van der Waals surface area (Å²) in [6.07, 6.45) is 0. The highest BCUT2D eigenvalue weighted by atomic mass is 19.2. The number of rotatable bonds is 1. The van der Waals surface area contributed by atoms with Crippen LogP contribution in [0.5, 0.6) is 0 Å². The second-order valence-electron chi connectivity index (χ2n) is 4.32. The van der Waals surface area contributed by atoms with Crippen LogP contribution in [0.1, 0.15) is 10.4 Å². The number of carbonyl (C=O) groups is 1. The predicted molar refractivity (Wildman–Crippen MR) is 59.7 cm³/mol. The van der Waals surface area contributed by atoms with Crippen LogP contribution >= 0.6 is 0 Å². The number of benzene rings is 1. The SMILES string of the molecule is CN1CCN(C(=O)c2ccc(F)c(F)c2F)CC1. The lowest BCUT2D eigenvalue weighted by atomic mass is 10.1. The molecule has 0 spiro atoms. The molecule has 3 nitrogen and oxygen atoms in total. The quantitative estimate of drug-likeness (QED) is 0.713. The fourth-order valence-corrected chi connectivity index (χ4v) is 1.87. The Bertz CT molecular complexity index is 471. The van der Waals surface area contributed by atoms with Gasteiger partial charge in [0.2, 0.25) is 0 Å². The standard InChI is InChI=1S/C12H13F3N2O/c1-16-4-6-17(7-5-16)12(18)8-2-3-9(13)11(15)10(8)14/h2-3H,4-7H2,1H3. The normalized spacial score (nSPS) is 17.0. The molecule has 1 aromatic rings. The molecule has 0 bridgehead atoms. The van der Waals surface area contributed by atoms with Gasteiger partial charge < -0.3 is 9.80 Å². The Labute approximate surface area is 103 Å². The van der Waals surface area contributed by atoms with Gasteiger partial charge in [-0.3, -0.25) is 4.79 Å². The number of nitrogens with zero attached hydrogens (tertiary/aromatic N) is 2. The third-order valence-electron chi connectivity index (χ3n) is 3.06. The number of likely N-dealkylation sites (N-methyl/N-ethyl adjacent to an activating group) is 1. The van der Waals surface area contributed by atoms with Gasteiger partial charge in [0, 0.05) is 26.2 Å². The lowest BCUT2D eigenvalue weighted by Gasteiger charge is -2.32. The number of carbonyl (C=O) groups excluding carboxylic acids is 1. The Morgan fingerprint density at radius 2 is 1.67 bits per heavy atom. The summed E-state index contributed by atoms with van der Waals surface area (Å²) in [5, 5.41) is 0. The topological polar surface area (TPSA) is 23.6 Å². The molecule has 98 valence electrons. The molecule has 18 heavy (non-hydrogen) atoms. The first-order valence-corrected chi connectivity index (χ1v) is 5.62. The Morgan fingerprint density at radius 1 is 1.06 bits per heavy atom. The largest absolute Gasteiger partial charge is 0.336 e. The van der Waals surface area contributed by atoms with Crippen LogP contribution in [0, 0.1) is 17.5 Å². The van der Waals surface area contributed by atoms with Crippen molar-refractivity contribution in [1.29, 1.82) is 0 Å². The lowest BCUT2D eigenvalue weighted by Crippen LogP contribution is -2.47. The second-order valence-corrected chi connectivity index (χ2v) is 4.32. The van der Waals surface area contributed by atoms with E-state index in [1.807, 2.05) is 11.9 Å². The maximum Gasteiger partial charge on any atom is 0.257 e.